The maximum Gasteiger partial charge on any atom is 0.0585 e. The Morgan fingerprint density at radius 2 is 2.20 bits per heavy atom. The van der Waals surface area contributed by atoms with E-state index in [9.17, 15) is 0 Å². The third-order valence-corrected chi connectivity index (χ3v) is 2.70. The smallest absolute Gasteiger partial charge is 0.0585 e. The third-order valence-electron chi connectivity index (χ3n) is 2.58. The minimum absolute atomic E-state index is 0.506. The highest BCUT2D eigenvalue weighted by Gasteiger charge is 2.44. The van der Waals surface area contributed by atoms with Gasteiger partial charge in [0.05, 0.1) is 11.7 Å². The van der Waals surface area contributed by atoms with Crippen molar-refractivity contribution >= 4 is 17.4 Å². The van der Waals surface area contributed by atoms with Gasteiger partial charge in [-0.25, -0.2) is 4.99 Å². The number of aliphatic imine (C=N–C) groups is 1. The van der Waals surface area contributed by atoms with E-state index < -0.39 is 0 Å². The first-order valence-electron chi connectivity index (χ1n) is 3.75. The average Bonchev–Trinajstić information content (AvgIpc) is 2.64. The summed E-state index contributed by atoms with van der Waals surface area (Å²) in [6.45, 7) is 5.41. The van der Waals surface area contributed by atoms with Gasteiger partial charge in [-0.05, 0) is 36.4 Å². The standard InChI is InChI=1S/C8H13NS/c1-7(2)8(3-4-8)5-9-6-10/h7H,3-5H2,1-2H3. The molecular weight excluding hydrogens is 142 g/mol. The van der Waals surface area contributed by atoms with E-state index >= 15 is 0 Å². The van der Waals surface area contributed by atoms with E-state index in [1.807, 2.05) is 0 Å². The zero-order chi connectivity index (χ0) is 7.61. The second-order valence-electron chi connectivity index (χ2n) is 3.42. The molecule has 0 aromatic carbocycles. The average molecular weight is 155 g/mol. The van der Waals surface area contributed by atoms with Crippen LogP contribution in [0.1, 0.15) is 26.7 Å². The first-order valence-corrected chi connectivity index (χ1v) is 4.16. The molecule has 0 N–H and O–H groups in total. The van der Waals surface area contributed by atoms with Crippen molar-refractivity contribution < 1.29 is 0 Å². The monoisotopic (exact) mass is 155 g/mol. The zero-order valence-electron chi connectivity index (χ0n) is 6.55. The lowest BCUT2D eigenvalue weighted by atomic mass is 9.93. The molecule has 1 saturated carbocycles. The second-order valence-corrected chi connectivity index (χ2v) is 3.61. The highest BCUT2D eigenvalue weighted by molar-refractivity contribution is 7.78. The predicted octanol–water partition coefficient (Wildman–Crippen LogP) is 2.53. The van der Waals surface area contributed by atoms with Crippen LogP contribution in [0.15, 0.2) is 4.99 Å². The summed E-state index contributed by atoms with van der Waals surface area (Å²) in [6.07, 6.45) is 2.65. The van der Waals surface area contributed by atoms with Gasteiger partial charge >= 0.3 is 0 Å². The Labute approximate surface area is 67.5 Å². The molecule has 1 aliphatic rings. The molecular formula is C8H13NS. The van der Waals surface area contributed by atoms with Crippen LogP contribution in [0.4, 0.5) is 0 Å². The van der Waals surface area contributed by atoms with Crippen molar-refractivity contribution in [2.75, 3.05) is 6.54 Å². The number of thiocarbonyl (C=S) groups is 1. The van der Waals surface area contributed by atoms with Crippen LogP contribution in [0.25, 0.3) is 0 Å². The fourth-order valence-corrected chi connectivity index (χ4v) is 1.33. The van der Waals surface area contributed by atoms with E-state index in [2.05, 4.69) is 36.2 Å². The number of rotatable bonds is 3. The van der Waals surface area contributed by atoms with Crippen molar-refractivity contribution in [2.45, 2.75) is 26.7 Å². The predicted molar refractivity (Wildman–Crippen MR) is 46.4 cm³/mol. The van der Waals surface area contributed by atoms with Crippen LogP contribution >= 0.6 is 12.2 Å². The fraction of sp³-hybridized carbons (Fsp3) is 0.875. The summed E-state index contributed by atoms with van der Waals surface area (Å²) in [5, 5.41) is 2.43. The van der Waals surface area contributed by atoms with Gasteiger partial charge in [-0.15, -0.1) is 0 Å². The van der Waals surface area contributed by atoms with Crippen LogP contribution in [-0.2, 0) is 0 Å². The zero-order valence-corrected chi connectivity index (χ0v) is 7.37. The molecule has 1 nitrogen and oxygen atoms in total. The summed E-state index contributed by atoms with van der Waals surface area (Å²) in [5.41, 5.74) is 0.506. The molecule has 0 heterocycles. The Morgan fingerprint density at radius 1 is 1.60 bits per heavy atom. The number of hydrogen-bond acceptors (Lipinski definition) is 2. The molecule has 1 aliphatic carbocycles. The molecule has 1 rings (SSSR count). The molecule has 0 aromatic heterocycles. The molecule has 0 atom stereocenters. The van der Waals surface area contributed by atoms with Crippen molar-refractivity contribution in [1.29, 1.82) is 0 Å². The number of nitrogens with zero attached hydrogens (tertiary/aromatic N) is 1. The molecule has 56 valence electrons. The van der Waals surface area contributed by atoms with Crippen molar-refractivity contribution in [3.05, 3.63) is 0 Å². The molecule has 1 fully saturated rings. The summed E-state index contributed by atoms with van der Waals surface area (Å²) < 4.78 is 0. The van der Waals surface area contributed by atoms with Crippen LogP contribution in [0, 0.1) is 11.3 Å². The Balaban J connectivity index is 2.45. The minimum Gasteiger partial charge on any atom is -0.232 e. The van der Waals surface area contributed by atoms with Gasteiger partial charge in [-0.1, -0.05) is 13.8 Å². The molecule has 0 aliphatic heterocycles. The molecule has 0 radical (unpaired) electrons. The maximum absolute atomic E-state index is 4.52. The van der Waals surface area contributed by atoms with Crippen LogP contribution in [0.5, 0.6) is 0 Å². The number of hydrogen-bond donors (Lipinski definition) is 0. The first-order chi connectivity index (χ1) is 4.71. The lowest BCUT2D eigenvalue weighted by Gasteiger charge is -2.15. The van der Waals surface area contributed by atoms with Gasteiger partial charge < -0.3 is 0 Å². The summed E-state index contributed by atoms with van der Waals surface area (Å²) in [4.78, 5) is 3.99. The maximum atomic E-state index is 4.52. The van der Waals surface area contributed by atoms with E-state index in [0.29, 0.717) is 5.41 Å². The van der Waals surface area contributed by atoms with E-state index in [1.54, 1.807) is 0 Å². The fourth-order valence-electron chi connectivity index (χ4n) is 1.27. The Hall–Kier alpha value is -0.200. The highest BCUT2D eigenvalue weighted by Crippen LogP contribution is 2.51. The Morgan fingerprint density at radius 3 is 2.50 bits per heavy atom. The van der Waals surface area contributed by atoms with Crippen molar-refractivity contribution in [3.8, 4) is 0 Å². The van der Waals surface area contributed by atoms with Crippen LogP contribution in [0.3, 0.4) is 0 Å². The second kappa shape index (κ2) is 2.81. The largest absolute Gasteiger partial charge is 0.232 e. The van der Waals surface area contributed by atoms with Crippen LogP contribution < -0.4 is 0 Å². The molecule has 0 amide bonds. The van der Waals surface area contributed by atoms with Crippen LogP contribution in [0.2, 0.25) is 0 Å². The molecule has 0 unspecified atom stereocenters. The van der Waals surface area contributed by atoms with Gasteiger partial charge in [0.25, 0.3) is 0 Å². The summed E-state index contributed by atoms with van der Waals surface area (Å²) in [6, 6.07) is 0. The van der Waals surface area contributed by atoms with Gasteiger partial charge in [0.15, 0.2) is 0 Å². The van der Waals surface area contributed by atoms with E-state index in [1.165, 1.54) is 12.8 Å². The minimum atomic E-state index is 0.506. The Bertz CT molecular complexity index is 164. The van der Waals surface area contributed by atoms with Crippen LogP contribution in [-0.4, -0.2) is 11.7 Å². The van der Waals surface area contributed by atoms with Gasteiger partial charge in [-0.3, -0.25) is 0 Å². The van der Waals surface area contributed by atoms with Crippen molar-refractivity contribution in [1.82, 2.24) is 0 Å². The third kappa shape index (κ3) is 1.44. The summed E-state index contributed by atoms with van der Waals surface area (Å²) in [7, 11) is 0. The van der Waals surface area contributed by atoms with Gasteiger partial charge in [0.1, 0.15) is 0 Å². The van der Waals surface area contributed by atoms with Crippen molar-refractivity contribution in [2.24, 2.45) is 16.3 Å². The Kier molecular flexibility index (Phi) is 2.22. The molecule has 0 aromatic rings. The van der Waals surface area contributed by atoms with Gasteiger partial charge in [0, 0.05) is 0 Å². The molecule has 0 bridgehead atoms. The SMILES string of the molecule is CC(C)C1(CN=C=S)CC1. The number of isothiocyanates is 1. The quantitative estimate of drug-likeness (QED) is 0.450. The lowest BCUT2D eigenvalue weighted by molar-refractivity contribution is 0.372. The van der Waals surface area contributed by atoms with Crippen molar-refractivity contribution in [3.63, 3.8) is 0 Å². The van der Waals surface area contributed by atoms with E-state index in [-0.39, 0.29) is 0 Å². The lowest BCUT2D eigenvalue weighted by Crippen LogP contribution is -2.12. The molecule has 10 heavy (non-hydrogen) atoms. The van der Waals surface area contributed by atoms with E-state index in [4.69, 9.17) is 0 Å². The summed E-state index contributed by atoms with van der Waals surface area (Å²) in [5.74, 6) is 0.750. The highest BCUT2D eigenvalue weighted by atomic mass is 32.1. The molecule has 0 saturated heterocycles. The first kappa shape index (κ1) is 7.90. The normalized spacial score (nSPS) is 20.3. The molecule has 2 heteroatoms. The van der Waals surface area contributed by atoms with E-state index in [0.717, 1.165) is 12.5 Å². The molecule has 0 spiro atoms. The topological polar surface area (TPSA) is 12.4 Å². The summed E-state index contributed by atoms with van der Waals surface area (Å²) >= 11 is 4.52. The van der Waals surface area contributed by atoms with Gasteiger partial charge in [-0.2, -0.15) is 0 Å². The van der Waals surface area contributed by atoms with Gasteiger partial charge in [0.2, 0.25) is 0 Å².